The summed E-state index contributed by atoms with van der Waals surface area (Å²) in [6.07, 6.45) is 4.72. The molecule has 0 N–H and O–H groups in total. The highest BCUT2D eigenvalue weighted by Crippen LogP contribution is 2.13. The summed E-state index contributed by atoms with van der Waals surface area (Å²) in [5.74, 6) is 0.274. The Hall–Kier alpha value is -3.41. The van der Waals surface area contributed by atoms with Gasteiger partial charge in [0.1, 0.15) is 18.0 Å². The van der Waals surface area contributed by atoms with Gasteiger partial charge < -0.3 is 9.47 Å². The highest BCUT2D eigenvalue weighted by atomic mass is 16.5. The average molecular weight is 364 g/mol. The van der Waals surface area contributed by atoms with Gasteiger partial charge in [-0.05, 0) is 49.2 Å². The summed E-state index contributed by atoms with van der Waals surface area (Å²) in [5.41, 5.74) is 2.54. The summed E-state index contributed by atoms with van der Waals surface area (Å²) in [5, 5.41) is 0. The minimum Gasteiger partial charge on any atom is -0.494 e. The number of carbonyl (C=O) groups is 1. The molecule has 138 valence electrons. The van der Waals surface area contributed by atoms with Gasteiger partial charge in [0.05, 0.1) is 12.3 Å². The first kappa shape index (κ1) is 18.4. The molecule has 0 aliphatic carbocycles. The fraction of sp³-hybridized carbons (Fsp3) is 0.190. The van der Waals surface area contributed by atoms with E-state index in [1.807, 2.05) is 44.2 Å². The summed E-state index contributed by atoms with van der Waals surface area (Å²) < 4.78 is 12.0. The molecule has 0 atom stereocenters. The van der Waals surface area contributed by atoms with Gasteiger partial charge in [0, 0.05) is 18.3 Å². The van der Waals surface area contributed by atoms with Crippen molar-refractivity contribution in [3.63, 3.8) is 0 Å². The number of pyridine rings is 1. The van der Waals surface area contributed by atoms with Crippen LogP contribution in [0.4, 0.5) is 0 Å². The van der Waals surface area contributed by atoms with Crippen LogP contribution in [-0.2, 0) is 16.1 Å². The maximum atomic E-state index is 12.1. The molecule has 0 aliphatic heterocycles. The van der Waals surface area contributed by atoms with Crippen molar-refractivity contribution < 1.29 is 14.3 Å². The number of carbonyl (C=O) groups excluding carboxylic acids is 1. The molecule has 0 bridgehead atoms. The van der Waals surface area contributed by atoms with Gasteiger partial charge in [-0.15, -0.1) is 0 Å². The fourth-order valence-corrected chi connectivity index (χ4v) is 2.53. The summed E-state index contributed by atoms with van der Waals surface area (Å²) in [7, 11) is 0. The minimum absolute atomic E-state index is 0.0634. The van der Waals surface area contributed by atoms with E-state index >= 15 is 0 Å². The number of hydrogen-bond donors (Lipinski definition) is 0. The molecule has 1 aromatic carbocycles. The van der Waals surface area contributed by atoms with Crippen molar-refractivity contribution in [2.45, 2.75) is 20.5 Å². The lowest BCUT2D eigenvalue weighted by molar-refractivity contribution is -0.139. The third-order valence-electron chi connectivity index (χ3n) is 3.83. The van der Waals surface area contributed by atoms with E-state index in [1.54, 1.807) is 18.3 Å². The lowest BCUT2D eigenvalue weighted by Crippen LogP contribution is -2.16. The lowest BCUT2D eigenvalue weighted by atomic mass is 10.2. The maximum Gasteiger partial charge on any atom is 0.331 e. The van der Waals surface area contributed by atoms with Crippen LogP contribution >= 0.6 is 0 Å². The van der Waals surface area contributed by atoms with Crippen LogP contribution in [0.2, 0.25) is 0 Å². The normalized spacial score (nSPS) is 11.0. The Morgan fingerprint density at radius 1 is 1.19 bits per heavy atom. The van der Waals surface area contributed by atoms with E-state index in [4.69, 9.17) is 9.47 Å². The van der Waals surface area contributed by atoms with Crippen LogP contribution in [0.1, 0.15) is 23.7 Å². The van der Waals surface area contributed by atoms with E-state index in [0.717, 1.165) is 16.9 Å². The standard InChI is InChI=1S/C21H20N2O4/c1-3-26-18-8-5-16(6-9-18)7-11-21(25)27-14-17-12-20(24)23-13-15(2)4-10-19(23)22-17/h4-13H,3,14H2,1-2H3/b11-7+. The van der Waals surface area contributed by atoms with Gasteiger partial charge in [-0.2, -0.15) is 0 Å². The number of rotatable bonds is 6. The van der Waals surface area contributed by atoms with Crippen LogP contribution in [0.15, 0.2) is 59.5 Å². The fourth-order valence-electron chi connectivity index (χ4n) is 2.53. The predicted molar refractivity (Wildman–Crippen MR) is 103 cm³/mol. The quantitative estimate of drug-likeness (QED) is 0.496. The molecule has 0 amide bonds. The van der Waals surface area contributed by atoms with Crippen molar-refractivity contribution in [2.24, 2.45) is 0 Å². The van der Waals surface area contributed by atoms with E-state index in [-0.39, 0.29) is 12.2 Å². The van der Waals surface area contributed by atoms with Crippen LogP contribution < -0.4 is 10.3 Å². The molecule has 2 aromatic heterocycles. The van der Waals surface area contributed by atoms with Crippen molar-refractivity contribution in [3.8, 4) is 5.75 Å². The second-order valence-electron chi connectivity index (χ2n) is 5.96. The predicted octanol–water partition coefficient (Wildman–Crippen LogP) is 3.16. The number of ether oxygens (including phenoxy) is 2. The van der Waals surface area contributed by atoms with E-state index in [9.17, 15) is 9.59 Å². The Balaban J connectivity index is 1.62. The number of nitrogens with zero attached hydrogens (tertiary/aromatic N) is 2. The van der Waals surface area contributed by atoms with Crippen molar-refractivity contribution in [3.05, 3.63) is 81.9 Å². The Morgan fingerprint density at radius 3 is 2.70 bits per heavy atom. The van der Waals surface area contributed by atoms with Crippen LogP contribution in [0.5, 0.6) is 5.75 Å². The summed E-state index contributed by atoms with van der Waals surface area (Å²) in [6.45, 7) is 4.36. The molecule has 0 radical (unpaired) electrons. The van der Waals surface area contributed by atoms with Gasteiger partial charge in [-0.1, -0.05) is 18.2 Å². The van der Waals surface area contributed by atoms with Crippen molar-refractivity contribution in [2.75, 3.05) is 6.61 Å². The Labute approximate surface area is 156 Å². The highest BCUT2D eigenvalue weighted by molar-refractivity contribution is 5.87. The molecule has 27 heavy (non-hydrogen) atoms. The molecule has 0 saturated carbocycles. The monoisotopic (exact) mass is 364 g/mol. The molecule has 0 fully saturated rings. The molecule has 6 nitrogen and oxygen atoms in total. The number of fused-ring (bicyclic) bond motifs is 1. The summed E-state index contributed by atoms with van der Waals surface area (Å²) in [6, 6.07) is 12.4. The van der Waals surface area contributed by atoms with Crippen LogP contribution in [0, 0.1) is 6.92 Å². The molecule has 6 heteroatoms. The number of hydrogen-bond acceptors (Lipinski definition) is 5. The van der Waals surface area contributed by atoms with Gasteiger partial charge in [-0.25, -0.2) is 9.78 Å². The molecule has 3 aromatic rings. The summed E-state index contributed by atoms with van der Waals surface area (Å²) in [4.78, 5) is 28.4. The second-order valence-corrected chi connectivity index (χ2v) is 5.96. The Kier molecular flexibility index (Phi) is 5.66. The third kappa shape index (κ3) is 4.82. The molecular weight excluding hydrogens is 344 g/mol. The van der Waals surface area contributed by atoms with E-state index in [2.05, 4.69) is 4.98 Å². The van der Waals surface area contributed by atoms with Gasteiger partial charge in [0.15, 0.2) is 0 Å². The first-order chi connectivity index (χ1) is 13.0. The molecular formula is C21H20N2O4. The summed E-state index contributed by atoms with van der Waals surface area (Å²) >= 11 is 0. The number of esters is 1. The molecule has 3 rings (SSSR count). The van der Waals surface area contributed by atoms with E-state index < -0.39 is 5.97 Å². The zero-order valence-corrected chi connectivity index (χ0v) is 15.2. The highest BCUT2D eigenvalue weighted by Gasteiger charge is 2.05. The lowest BCUT2D eigenvalue weighted by Gasteiger charge is -2.05. The van der Waals surface area contributed by atoms with E-state index in [0.29, 0.717) is 17.9 Å². The Morgan fingerprint density at radius 2 is 1.96 bits per heavy atom. The van der Waals surface area contributed by atoms with Gasteiger partial charge in [0.2, 0.25) is 0 Å². The molecule has 0 spiro atoms. The molecule has 0 aliphatic rings. The van der Waals surface area contributed by atoms with Crippen LogP contribution in [0.3, 0.4) is 0 Å². The zero-order valence-electron chi connectivity index (χ0n) is 15.2. The number of aromatic nitrogens is 2. The van der Waals surface area contributed by atoms with Crippen LogP contribution in [0.25, 0.3) is 11.7 Å². The smallest absolute Gasteiger partial charge is 0.331 e. The first-order valence-corrected chi connectivity index (χ1v) is 8.62. The third-order valence-corrected chi connectivity index (χ3v) is 3.83. The zero-order chi connectivity index (χ0) is 19.2. The Bertz CT molecular complexity index is 1040. The molecule has 2 heterocycles. The van der Waals surface area contributed by atoms with Gasteiger partial charge in [0.25, 0.3) is 5.56 Å². The van der Waals surface area contributed by atoms with Crippen molar-refractivity contribution in [1.82, 2.24) is 9.38 Å². The first-order valence-electron chi connectivity index (χ1n) is 8.62. The van der Waals surface area contributed by atoms with Crippen molar-refractivity contribution >= 4 is 17.7 Å². The minimum atomic E-state index is -0.505. The van der Waals surface area contributed by atoms with Crippen molar-refractivity contribution in [1.29, 1.82) is 0 Å². The SMILES string of the molecule is CCOc1ccc(/C=C/C(=O)OCc2cc(=O)n3cc(C)ccc3n2)cc1. The van der Waals surface area contributed by atoms with Gasteiger partial charge in [-0.3, -0.25) is 9.20 Å². The second kappa shape index (κ2) is 8.31. The van der Waals surface area contributed by atoms with Gasteiger partial charge >= 0.3 is 5.97 Å². The molecule has 0 unspecified atom stereocenters. The average Bonchev–Trinajstić information content (AvgIpc) is 2.66. The maximum absolute atomic E-state index is 12.1. The van der Waals surface area contributed by atoms with Crippen LogP contribution in [-0.4, -0.2) is 22.0 Å². The topological polar surface area (TPSA) is 69.9 Å². The number of aryl methyl sites for hydroxylation is 1. The molecule has 0 saturated heterocycles. The number of benzene rings is 1. The largest absolute Gasteiger partial charge is 0.494 e. The van der Waals surface area contributed by atoms with E-state index in [1.165, 1.54) is 16.5 Å².